The van der Waals surface area contributed by atoms with Crippen LogP contribution >= 0.6 is 0 Å². The highest BCUT2D eigenvalue weighted by atomic mass is 16.5. The number of allylic oxidation sites excluding steroid dienone is 2. The van der Waals surface area contributed by atoms with Gasteiger partial charge in [0.15, 0.2) is 5.82 Å². The highest BCUT2D eigenvalue weighted by Crippen LogP contribution is 2.53. The Balaban J connectivity index is 1.31. The Morgan fingerprint density at radius 3 is 2.33 bits per heavy atom. The molecule has 6 heteroatoms. The van der Waals surface area contributed by atoms with Gasteiger partial charge < -0.3 is 4.74 Å². The fourth-order valence-electron chi connectivity index (χ4n) is 5.19. The van der Waals surface area contributed by atoms with Gasteiger partial charge in [-0.1, -0.05) is 12.2 Å². The minimum absolute atomic E-state index is 0.0661. The number of carbonyl (C=O) groups excluding carboxylic acids is 2. The number of anilines is 1. The molecule has 2 amide bonds. The zero-order chi connectivity index (χ0) is 20.4. The Hall–Kier alpha value is -3.54. The summed E-state index contributed by atoms with van der Waals surface area (Å²) in [5, 5.41) is 0.930. The topological polar surface area (TPSA) is 72.4 Å². The van der Waals surface area contributed by atoms with Gasteiger partial charge in [0.1, 0.15) is 5.75 Å². The number of carbonyl (C=O) groups is 2. The molecule has 1 saturated heterocycles. The molecule has 4 atom stereocenters. The lowest BCUT2D eigenvalue weighted by Crippen LogP contribution is -2.32. The molecule has 1 aliphatic heterocycles. The summed E-state index contributed by atoms with van der Waals surface area (Å²) in [4.78, 5) is 36.4. The van der Waals surface area contributed by atoms with E-state index in [0.29, 0.717) is 11.5 Å². The summed E-state index contributed by atoms with van der Waals surface area (Å²) in [6.45, 7) is 0. The number of hydrogen-bond donors (Lipinski definition) is 0. The van der Waals surface area contributed by atoms with Gasteiger partial charge in [-0.05, 0) is 54.7 Å². The van der Waals surface area contributed by atoms with E-state index >= 15 is 0 Å². The molecule has 2 heterocycles. The van der Waals surface area contributed by atoms with Gasteiger partial charge in [0.05, 0.1) is 30.1 Å². The molecule has 2 fully saturated rings. The van der Waals surface area contributed by atoms with E-state index in [1.54, 1.807) is 25.4 Å². The lowest BCUT2D eigenvalue weighted by Gasteiger charge is -2.17. The summed E-state index contributed by atoms with van der Waals surface area (Å²) < 4.78 is 5.28. The van der Waals surface area contributed by atoms with Crippen LogP contribution in [-0.2, 0) is 9.59 Å². The van der Waals surface area contributed by atoms with E-state index in [2.05, 4.69) is 22.1 Å². The average molecular weight is 397 g/mol. The molecule has 0 spiro atoms. The molecule has 148 valence electrons. The molecule has 3 aliphatic rings. The van der Waals surface area contributed by atoms with E-state index in [1.807, 2.05) is 30.3 Å². The highest BCUT2D eigenvalue weighted by Gasteiger charge is 2.59. The van der Waals surface area contributed by atoms with Crippen molar-refractivity contribution < 1.29 is 14.3 Å². The number of aromatic nitrogens is 2. The van der Waals surface area contributed by atoms with Crippen LogP contribution in [0.1, 0.15) is 6.42 Å². The quantitative estimate of drug-likeness (QED) is 0.499. The summed E-state index contributed by atoms with van der Waals surface area (Å²) >= 11 is 0. The number of ether oxygens (including phenoxy) is 1. The third-order valence-electron chi connectivity index (χ3n) is 6.64. The van der Waals surface area contributed by atoms with E-state index in [9.17, 15) is 9.59 Å². The molecule has 2 aromatic carbocycles. The average Bonchev–Trinajstić information content (AvgIpc) is 3.47. The van der Waals surface area contributed by atoms with Gasteiger partial charge >= 0.3 is 0 Å². The Kier molecular flexibility index (Phi) is 3.60. The number of amides is 2. The molecular formula is C24H19N3O3. The Morgan fingerprint density at radius 1 is 0.967 bits per heavy atom. The van der Waals surface area contributed by atoms with Crippen LogP contribution in [0.2, 0.25) is 0 Å². The monoisotopic (exact) mass is 397 g/mol. The predicted octanol–water partition coefficient (Wildman–Crippen LogP) is 3.62. The molecule has 6 nitrogen and oxygen atoms in total. The van der Waals surface area contributed by atoms with Crippen molar-refractivity contribution in [2.24, 2.45) is 23.7 Å². The molecule has 6 rings (SSSR count). The van der Waals surface area contributed by atoms with Crippen LogP contribution in [0.15, 0.2) is 60.8 Å². The summed E-state index contributed by atoms with van der Waals surface area (Å²) in [6, 6.07) is 13.0. The number of rotatable bonds is 3. The van der Waals surface area contributed by atoms with E-state index in [4.69, 9.17) is 4.74 Å². The Bertz CT molecular complexity index is 1200. The van der Waals surface area contributed by atoms with Crippen molar-refractivity contribution >= 4 is 28.4 Å². The van der Waals surface area contributed by atoms with E-state index < -0.39 is 0 Å². The summed E-state index contributed by atoms with van der Waals surface area (Å²) in [5.41, 5.74) is 2.23. The normalized spacial score (nSPS) is 26.6. The predicted molar refractivity (Wildman–Crippen MR) is 112 cm³/mol. The molecule has 2 aliphatic carbocycles. The van der Waals surface area contributed by atoms with Gasteiger partial charge in [-0.3, -0.25) is 14.5 Å². The Labute approximate surface area is 173 Å². The molecule has 1 saturated carbocycles. The minimum atomic E-state index is -0.189. The van der Waals surface area contributed by atoms with Crippen LogP contribution in [0.5, 0.6) is 5.75 Å². The standard InChI is InChI=1S/C24H19N3O3/c1-30-18-9-6-16-12-25-22(26-19(16)11-18)13-4-7-17(8-5-13)27-23(28)20-14-2-3-15(10-14)21(20)24(27)29/h2-9,11-12,14-15,20-21H,10H2,1H3/t14-,15?,20-,21+/m0/s1. The number of methoxy groups -OCH3 is 1. The van der Waals surface area contributed by atoms with Gasteiger partial charge in [0.25, 0.3) is 0 Å². The SMILES string of the molecule is COc1ccc2cnc(-c3ccc(N4C(=O)[C@@H]5[C@H](C4=O)C4C=C[C@H]5C4)cc3)nc2c1. The highest BCUT2D eigenvalue weighted by molar-refractivity contribution is 6.22. The third kappa shape index (κ3) is 2.36. The van der Waals surface area contributed by atoms with E-state index in [1.165, 1.54) is 4.90 Å². The van der Waals surface area contributed by atoms with Gasteiger partial charge in [-0.15, -0.1) is 0 Å². The lowest BCUT2D eigenvalue weighted by atomic mass is 9.85. The first-order valence-corrected chi connectivity index (χ1v) is 10.1. The second kappa shape index (κ2) is 6.23. The van der Waals surface area contributed by atoms with Crippen LogP contribution in [0.3, 0.4) is 0 Å². The number of imide groups is 1. The lowest BCUT2D eigenvalue weighted by molar-refractivity contribution is -0.123. The number of benzene rings is 2. The maximum absolute atomic E-state index is 13.0. The van der Waals surface area contributed by atoms with Crippen LogP contribution in [-0.4, -0.2) is 28.9 Å². The molecule has 30 heavy (non-hydrogen) atoms. The van der Waals surface area contributed by atoms with Gasteiger partial charge in [-0.25, -0.2) is 9.97 Å². The van der Waals surface area contributed by atoms with Crippen LogP contribution in [0.4, 0.5) is 5.69 Å². The second-order valence-electron chi connectivity index (χ2n) is 8.18. The summed E-state index contributed by atoms with van der Waals surface area (Å²) in [6.07, 6.45) is 6.93. The molecule has 1 aromatic heterocycles. The van der Waals surface area contributed by atoms with Crippen molar-refractivity contribution in [2.45, 2.75) is 6.42 Å². The smallest absolute Gasteiger partial charge is 0.238 e. The van der Waals surface area contributed by atoms with Crippen molar-refractivity contribution in [3.05, 3.63) is 60.8 Å². The Morgan fingerprint density at radius 2 is 1.67 bits per heavy atom. The van der Waals surface area contributed by atoms with E-state index in [0.717, 1.165) is 28.6 Å². The zero-order valence-corrected chi connectivity index (χ0v) is 16.4. The maximum Gasteiger partial charge on any atom is 0.238 e. The number of hydrogen-bond acceptors (Lipinski definition) is 5. The molecule has 0 radical (unpaired) electrons. The van der Waals surface area contributed by atoms with Crippen molar-refractivity contribution in [1.82, 2.24) is 9.97 Å². The summed E-state index contributed by atoms with van der Waals surface area (Å²) in [7, 11) is 1.62. The molecule has 2 bridgehead atoms. The van der Waals surface area contributed by atoms with Crippen LogP contribution in [0, 0.1) is 23.7 Å². The minimum Gasteiger partial charge on any atom is -0.497 e. The zero-order valence-electron chi connectivity index (χ0n) is 16.4. The van der Waals surface area contributed by atoms with Crippen molar-refractivity contribution in [2.75, 3.05) is 12.0 Å². The van der Waals surface area contributed by atoms with Crippen LogP contribution in [0.25, 0.3) is 22.3 Å². The van der Waals surface area contributed by atoms with Gasteiger partial charge in [0.2, 0.25) is 11.8 Å². The molecule has 0 N–H and O–H groups in total. The van der Waals surface area contributed by atoms with Crippen LogP contribution < -0.4 is 9.64 Å². The largest absolute Gasteiger partial charge is 0.497 e. The molecule has 1 unspecified atom stereocenters. The summed E-state index contributed by atoms with van der Waals surface area (Å²) in [5.74, 6) is 1.24. The van der Waals surface area contributed by atoms with Gasteiger partial charge in [0, 0.05) is 23.2 Å². The third-order valence-corrected chi connectivity index (χ3v) is 6.64. The first-order valence-electron chi connectivity index (χ1n) is 10.1. The van der Waals surface area contributed by atoms with Gasteiger partial charge in [-0.2, -0.15) is 0 Å². The van der Waals surface area contributed by atoms with Crippen molar-refractivity contribution in [3.8, 4) is 17.1 Å². The number of fused-ring (bicyclic) bond motifs is 6. The fraction of sp³-hybridized carbons (Fsp3) is 0.250. The van der Waals surface area contributed by atoms with E-state index in [-0.39, 0.29) is 35.5 Å². The maximum atomic E-state index is 13.0. The number of nitrogens with zero attached hydrogens (tertiary/aromatic N) is 3. The first kappa shape index (κ1) is 17.3. The van der Waals surface area contributed by atoms with Crippen molar-refractivity contribution in [1.29, 1.82) is 0 Å². The fourth-order valence-corrected chi connectivity index (χ4v) is 5.19. The molecule has 3 aromatic rings. The second-order valence-corrected chi connectivity index (χ2v) is 8.18. The first-order chi connectivity index (χ1) is 14.6. The van der Waals surface area contributed by atoms with Crippen molar-refractivity contribution in [3.63, 3.8) is 0 Å². The molecular weight excluding hydrogens is 378 g/mol.